The molecule has 1 aromatic rings. The highest BCUT2D eigenvalue weighted by atomic mass is 32.2. The zero-order valence-corrected chi connectivity index (χ0v) is 11.0. The Morgan fingerprint density at radius 2 is 2.53 bits per heavy atom. The summed E-state index contributed by atoms with van der Waals surface area (Å²) in [6.07, 6.45) is 5.96. The molecule has 0 aliphatic heterocycles. The van der Waals surface area contributed by atoms with Crippen LogP contribution in [0.5, 0.6) is 0 Å². The Kier molecular flexibility index (Phi) is 4.06. The average Bonchev–Trinajstić information content (AvgIpc) is 2.88. The molecule has 2 atom stereocenters. The molecule has 1 aliphatic rings. The molecule has 3 N–H and O–H groups in total. The average molecular weight is 256 g/mol. The molecule has 2 unspecified atom stereocenters. The van der Waals surface area contributed by atoms with Gasteiger partial charge in [-0.15, -0.1) is 10.2 Å². The van der Waals surface area contributed by atoms with Crippen LogP contribution in [0.4, 0.5) is 0 Å². The van der Waals surface area contributed by atoms with Gasteiger partial charge in [0.25, 0.3) is 0 Å². The van der Waals surface area contributed by atoms with E-state index in [0.717, 1.165) is 36.6 Å². The van der Waals surface area contributed by atoms with Crippen molar-refractivity contribution in [2.45, 2.75) is 36.4 Å². The number of nitrogens with two attached hydrogens (primary N) is 1. The largest absolute Gasteiger partial charge is 0.394 e. The van der Waals surface area contributed by atoms with Crippen molar-refractivity contribution in [3.05, 3.63) is 6.33 Å². The quantitative estimate of drug-likeness (QED) is 0.762. The SMILES string of the molecule is Cn1cnnc1SCCC1CCCC1(N)CO. The van der Waals surface area contributed by atoms with E-state index in [4.69, 9.17) is 5.73 Å². The Labute approximate surface area is 106 Å². The second kappa shape index (κ2) is 5.37. The van der Waals surface area contributed by atoms with Crippen LogP contribution in [0.1, 0.15) is 25.7 Å². The first-order valence-corrected chi connectivity index (χ1v) is 7.01. The highest BCUT2D eigenvalue weighted by molar-refractivity contribution is 7.99. The minimum absolute atomic E-state index is 0.103. The molecule has 6 heteroatoms. The van der Waals surface area contributed by atoms with E-state index in [0.29, 0.717) is 5.92 Å². The first-order chi connectivity index (χ1) is 8.15. The molecule has 5 nitrogen and oxygen atoms in total. The van der Waals surface area contributed by atoms with E-state index < -0.39 is 0 Å². The third-order valence-corrected chi connectivity index (χ3v) is 4.74. The molecule has 2 rings (SSSR count). The highest BCUT2D eigenvalue weighted by Gasteiger charge is 2.38. The van der Waals surface area contributed by atoms with Gasteiger partial charge in [0.1, 0.15) is 6.33 Å². The van der Waals surface area contributed by atoms with Crippen molar-refractivity contribution in [3.8, 4) is 0 Å². The lowest BCUT2D eigenvalue weighted by Gasteiger charge is -2.29. The number of hydrogen-bond acceptors (Lipinski definition) is 5. The van der Waals surface area contributed by atoms with Crippen molar-refractivity contribution >= 4 is 11.8 Å². The third-order valence-electron chi connectivity index (χ3n) is 3.67. The molecule has 0 spiro atoms. The maximum Gasteiger partial charge on any atom is 0.190 e. The van der Waals surface area contributed by atoms with Crippen molar-refractivity contribution in [1.29, 1.82) is 0 Å². The topological polar surface area (TPSA) is 77.0 Å². The van der Waals surface area contributed by atoms with Crippen LogP contribution in [0.2, 0.25) is 0 Å². The van der Waals surface area contributed by atoms with Gasteiger partial charge in [0, 0.05) is 18.3 Å². The summed E-state index contributed by atoms with van der Waals surface area (Å²) in [7, 11) is 1.94. The third kappa shape index (κ3) is 2.81. The summed E-state index contributed by atoms with van der Waals surface area (Å²) in [5.74, 6) is 1.42. The fourth-order valence-electron chi connectivity index (χ4n) is 2.50. The number of aryl methyl sites for hydroxylation is 1. The van der Waals surface area contributed by atoms with E-state index in [1.807, 2.05) is 11.6 Å². The second-order valence-corrected chi connectivity index (χ2v) is 5.90. The molecule has 0 aromatic carbocycles. The van der Waals surface area contributed by atoms with Crippen LogP contribution in [0, 0.1) is 5.92 Å². The first-order valence-electron chi connectivity index (χ1n) is 6.02. The molecule has 0 radical (unpaired) electrons. The van der Waals surface area contributed by atoms with E-state index in [2.05, 4.69) is 10.2 Å². The van der Waals surface area contributed by atoms with Crippen molar-refractivity contribution in [2.75, 3.05) is 12.4 Å². The minimum Gasteiger partial charge on any atom is -0.394 e. The van der Waals surface area contributed by atoms with Gasteiger partial charge in [-0.25, -0.2) is 0 Å². The number of aliphatic hydroxyl groups excluding tert-OH is 1. The van der Waals surface area contributed by atoms with E-state index >= 15 is 0 Å². The molecule has 0 saturated heterocycles. The molecule has 1 aromatic heterocycles. The van der Waals surface area contributed by atoms with Crippen LogP contribution in [-0.2, 0) is 7.05 Å². The highest BCUT2D eigenvalue weighted by Crippen LogP contribution is 2.36. The van der Waals surface area contributed by atoms with Gasteiger partial charge in [-0.1, -0.05) is 18.2 Å². The fourth-order valence-corrected chi connectivity index (χ4v) is 3.45. The number of nitrogens with zero attached hydrogens (tertiary/aromatic N) is 3. The van der Waals surface area contributed by atoms with E-state index in [1.54, 1.807) is 18.1 Å². The lowest BCUT2D eigenvalue weighted by Crippen LogP contribution is -2.47. The van der Waals surface area contributed by atoms with Crippen LogP contribution in [-0.4, -0.2) is 37.8 Å². The van der Waals surface area contributed by atoms with Gasteiger partial charge < -0.3 is 15.4 Å². The monoisotopic (exact) mass is 256 g/mol. The lowest BCUT2D eigenvalue weighted by molar-refractivity contribution is 0.158. The number of aliphatic hydroxyl groups is 1. The molecule has 1 aliphatic carbocycles. The number of rotatable bonds is 5. The van der Waals surface area contributed by atoms with Crippen molar-refractivity contribution in [3.63, 3.8) is 0 Å². The van der Waals surface area contributed by atoms with Gasteiger partial charge in [0.15, 0.2) is 5.16 Å². The summed E-state index contributed by atoms with van der Waals surface area (Å²) in [5.41, 5.74) is 5.85. The number of hydrogen-bond donors (Lipinski definition) is 2. The molecule has 1 heterocycles. The van der Waals surface area contributed by atoms with Gasteiger partial charge in [-0.2, -0.15) is 0 Å². The summed E-state index contributed by atoms with van der Waals surface area (Å²) in [6.45, 7) is 0.103. The second-order valence-electron chi connectivity index (χ2n) is 4.84. The van der Waals surface area contributed by atoms with E-state index in [9.17, 15) is 5.11 Å². The molecule has 0 bridgehead atoms. The van der Waals surface area contributed by atoms with E-state index in [-0.39, 0.29) is 12.1 Å². The zero-order valence-electron chi connectivity index (χ0n) is 10.2. The van der Waals surface area contributed by atoms with Gasteiger partial charge in [-0.05, 0) is 25.2 Å². The first kappa shape index (κ1) is 12.9. The molecule has 1 saturated carbocycles. The number of aromatic nitrogens is 3. The molecule has 1 fully saturated rings. The molecule has 96 valence electrons. The van der Waals surface area contributed by atoms with Crippen LogP contribution in [0.15, 0.2) is 11.5 Å². The van der Waals surface area contributed by atoms with E-state index in [1.165, 1.54) is 0 Å². The predicted molar refractivity (Wildman–Crippen MR) is 67.7 cm³/mol. The van der Waals surface area contributed by atoms with Crippen LogP contribution < -0.4 is 5.73 Å². The summed E-state index contributed by atoms with van der Waals surface area (Å²) in [4.78, 5) is 0. The summed E-state index contributed by atoms with van der Waals surface area (Å²) < 4.78 is 1.92. The summed E-state index contributed by atoms with van der Waals surface area (Å²) in [6, 6.07) is 0. The van der Waals surface area contributed by atoms with Gasteiger partial charge in [0.05, 0.1) is 6.61 Å². The molecular formula is C11H20N4OS. The Hall–Kier alpha value is -0.590. The smallest absolute Gasteiger partial charge is 0.190 e. The summed E-state index contributed by atoms with van der Waals surface area (Å²) in [5, 5.41) is 18.2. The Morgan fingerprint density at radius 3 is 3.18 bits per heavy atom. The minimum atomic E-state index is -0.347. The van der Waals surface area contributed by atoms with Crippen LogP contribution in [0.3, 0.4) is 0 Å². The number of thioether (sulfide) groups is 1. The molecular weight excluding hydrogens is 236 g/mol. The van der Waals surface area contributed by atoms with Gasteiger partial charge >= 0.3 is 0 Å². The fraction of sp³-hybridized carbons (Fsp3) is 0.818. The van der Waals surface area contributed by atoms with Crippen LogP contribution >= 0.6 is 11.8 Å². The summed E-state index contributed by atoms with van der Waals surface area (Å²) >= 11 is 1.70. The predicted octanol–water partition coefficient (Wildman–Crippen LogP) is 0.787. The standard InChI is InChI=1S/C11H20N4OS/c1-15-8-13-14-10(15)17-6-4-9-3-2-5-11(9,12)7-16/h8-9,16H,2-7,12H2,1H3. The van der Waals surface area contributed by atoms with Gasteiger partial charge in [0.2, 0.25) is 0 Å². The Morgan fingerprint density at radius 1 is 1.71 bits per heavy atom. The van der Waals surface area contributed by atoms with Crippen molar-refractivity contribution in [1.82, 2.24) is 14.8 Å². The zero-order chi connectivity index (χ0) is 12.3. The molecule has 0 amide bonds. The van der Waals surface area contributed by atoms with Gasteiger partial charge in [-0.3, -0.25) is 0 Å². The maximum atomic E-state index is 9.36. The Balaban J connectivity index is 1.81. The maximum absolute atomic E-state index is 9.36. The van der Waals surface area contributed by atoms with Crippen LogP contribution in [0.25, 0.3) is 0 Å². The van der Waals surface area contributed by atoms with Crippen molar-refractivity contribution < 1.29 is 5.11 Å². The Bertz CT molecular complexity index is 370. The lowest BCUT2D eigenvalue weighted by atomic mass is 9.87. The normalized spacial score (nSPS) is 28.8. The van der Waals surface area contributed by atoms with Crippen molar-refractivity contribution in [2.24, 2.45) is 18.7 Å². The molecule has 17 heavy (non-hydrogen) atoms.